The van der Waals surface area contributed by atoms with Gasteiger partial charge in [0.1, 0.15) is 11.6 Å². The molecular weight excluding hydrogens is 219 g/mol. The van der Waals surface area contributed by atoms with Crippen LogP contribution >= 0.6 is 0 Å². The lowest BCUT2D eigenvalue weighted by atomic mass is 10.0. The van der Waals surface area contributed by atoms with Crippen molar-refractivity contribution in [2.45, 2.75) is 12.5 Å². The van der Waals surface area contributed by atoms with E-state index in [4.69, 9.17) is 5.73 Å². The number of para-hydroxylation sites is 1. The Morgan fingerprint density at radius 1 is 1.59 bits per heavy atom. The molecule has 1 atom stereocenters. The molecule has 17 heavy (non-hydrogen) atoms. The fraction of sp³-hybridized carbons (Fsp3) is 0.231. The maximum Gasteiger partial charge on any atom is 0.147 e. The van der Waals surface area contributed by atoms with Gasteiger partial charge in [-0.05, 0) is 18.1 Å². The minimum atomic E-state index is -0.524. The van der Waals surface area contributed by atoms with E-state index in [-0.39, 0.29) is 11.6 Å². The molecule has 0 radical (unpaired) electrons. The summed E-state index contributed by atoms with van der Waals surface area (Å²) in [5, 5.41) is 10.0. The Morgan fingerprint density at radius 3 is 2.94 bits per heavy atom. The summed E-state index contributed by atoms with van der Waals surface area (Å²) in [7, 11) is 1.79. The molecule has 0 spiro atoms. The van der Waals surface area contributed by atoms with Crippen LogP contribution in [0.3, 0.4) is 0 Å². The number of hydrogen-bond donors (Lipinski definition) is 2. The van der Waals surface area contributed by atoms with Gasteiger partial charge in [0.25, 0.3) is 0 Å². The van der Waals surface area contributed by atoms with E-state index in [2.05, 4.69) is 6.58 Å². The molecule has 0 amide bonds. The highest BCUT2D eigenvalue weighted by atomic mass is 19.1. The van der Waals surface area contributed by atoms with Crippen LogP contribution in [0, 0.1) is 5.82 Å². The van der Waals surface area contributed by atoms with Crippen molar-refractivity contribution in [3.63, 3.8) is 0 Å². The highest BCUT2D eigenvalue weighted by Gasteiger charge is 2.14. The third-order valence-corrected chi connectivity index (χ3v) is 2.90. The van der Waals surface area contributed by atoms with Gasteiger partial charge in [0.05, 0.1) is 11.6 Å². The number of nitrogens with two attached hydrogens (primary N) is 1. The fourth-order valence-corrected chi connectivity index (χ4v) is 2.02. The Kier molecular flexibility index (Phi) is 2.90. The number of fused-ring (bicyclic) bond motifs is 1. The predicted molar refractivity (Wildman–Crippen MR) is 66.3 cm³/mol. The van der Waals surface area contributed by atoms with Gasteiger partial charge in [-0.15, -0.1) is 0 Å². The molecule has 3 N–H and O–H groups in total. The normalized spacial score (nSPS) is 12.9. The minimum Gasteiger partial charge on any atom is -0.511 e. The van der Waals surface area contributed by atoms with E-state index in [9.17, 15) is 9.50 Å². The molecule has 2 rings (SSSR count). The SMILES string of the molecule is C=C(O)C(N)Cc1cn(C)c2c(F)cccc12. The first-order valence-corrected chi connectivity index (χ1v) is 5.36. The fourth-order valence-electron chi connectivity index (χ4n) is 2.02. The highest BCUT2D eigenvalue weighted by Crippen LogP contribution is 2.24. The van der Waals surface area contributed by atoms with Gasteiger partial charge in [0.15, 0.2) is 0 Å². The van der Waals surface area contributed by atoms with Crippen LogP contribution in [0.5, 0.6) is 0 Å². The number of aryl methyl sites for hydroxylation is 1. The second-order valence-electron chi connectivity index (χ2n) is 4.20. The smallest absolute Gasteiger partial charge is 0.147 e. The summed E-state index contributed by atoms with van der Waals surface area (Å²) in [6, 6.07) is 4.42. The van der Waals surface area contributed by atoms with Crippen molar-refractivity contribution in [1.29, 1.82) is 0 Å². The van der Waals surface area contributed by atoms with Crippen LogP contribution < -0.4 is 5.73 Å². The topological polar surface area (TPSA) is 51.2 Å². The zero-order chi connectivity index (χ0) is 12.6. The standard InChI is InChI=1S/C13H15FN2O/c1-8(17)12(15)6-9-7-16(2)13-10(9)4-3-5-11(13)14/h3-5,7,12,17H,1,6,15H2,2H3. The van der Waals surface area contributed by atoms with Crippen molar-refractivity contribution in [3.8, 4) is 0 Å². The highest BCUT2D eigenvalue weighted by molar-refractivity contribution is 5.84. The summed E-state index contributed by atoms with van der Waals surface area (Å²) in [5.74, 6) is -0.314. The third kappa shape index (κ3) is 2.03. The third-order valence-electron chi connectivity index (χ3n) is 2.90. The van der Waals surface area contributed by atoms with Crippen molar-refractivity contribution in [1.82, 2.24) is 4.57 Å². The summed E-state index contributed by atoms with van der Waals surface area (Å²) in [6.07, 6.45) is 2.27. The van der Waals surface area contributed by atoms with E-state index in [0.717, 1.165) is 10.9 Å². The van der Waals surface area contributed by atoms with Crippen molar-refractivity contribution in [2.75, 3.05) is 0 Å². The summed E-state index contributed by atoms with van der Waals surface area (Å²) in [5.41, 5.74) is 7.20. The van der Waals surface area contributed by atoms with Gasteiger partial charge in [-0.2, -0.15) is 0 Å². The first kappa shape index (κ1) is 11.7. The van der Waals surface area contributed by atoms with Crippen LogP contribution in [0.2, 0.25) is 0 Å². The van der Waals surface area contributed by atoms with E-state index in [1.807, 2.05) is 12.3 Å². The molecule has 3 nitrogen and oxygen atoms in total. The van der Waals surface area contributed by atoms with Gasteiger partial charge in [-0.3, -0.25) is 0 Å². The maximum absolute atomic E-state index is 13.6. The second-order valence-corrected chi connectivity index (χ2v) is 4.20. The van der Waals surface area contributed by atoms with Crippen molar-refractivity contribution >= 4 is 10.9 Å². The molecule has 0 aliphatic heterocycles. The minimum absolute atomic E-state index is 0.0570. The van der Waals surface area contributed by atoms with Gasteiger partial charge < -0.3 is 15.4 Å². The number of aromatic nitrogens is 1. The summed E-state index contributed by atoms with van der Waals surface area (Å²) in [6.45, 7) is 3.41. The van der Waals surface area contributed by atoms with Crippen LogP contribution in [0.25, 0.3) is 10.9 Å². The molecule has 1 unspecified atom stereocenters. The molecule has 0 fully saturated rings. The number of rotatable bonds is 3. The largest absolute Gasteiger partial charge is 0.511 e. The molecule has 0 saturated carbocycles. The van der Waals surface area contributed by atoms with Crippen molar-refractivity contribution in [2.24, 2.45) is 12.8 Å². The van der Waals surface area contributed by atoms with Crippen molar-refractivity contribution in [3.05, 3.63) is 48.1 Å². The van der Waals surface area contributed by atoms with Crippen LogP contribution in [0.15, 0.2) is 36.7 Å². The Hall–Kier alpha value is -1.81. The van der Waals surface area contributed by atoms with Crippen LogP contribution in [0.1, 0.15) is 5.56 Å². The lowest BCUT2D eigenvalue weighted by Crippen LogP contribution is -2.24. The summed E-state index contributed by atoms with van der Waals surface area (Å²) in [4.78, 5) is 0. The lowest BCUT2D eigenvalue weighted by molar-refractivity contribution is 0.369. The van der Waals surface area contributed by atoms with Crippen molar-refractivity contribution < 1.29 is 9.50 Å². The number of nitrogens with zero attached hydrogens (tertiary/aromatic N) is 1. The molecule has 1 heterocycles. The molecule has 2 aromatic rings. The van der Waals surface area contributed by atoms with Gasteiger partial charge in [0, 0.05) is 18.6 Å². The molecule has 0 aliphatic rings. The molecule has 0 aliphatic carbocycles. The first-order chi connectivity index (χ1) is 8.00. The van der Waals surface area contributed by atoms with Gasteiger partial charge in [-0.25, -0.2) is 4.39 Å². The van der Waals surface area contributed by atoms with E-state index < -0.39 is 6.04 Å². The first-order valence-electron chi connectivity index (χ1n) is 5.36. The number of hydrogen-bond acceptors (Lipinski definition) is 2. The molecule has 1 aromatic heterocycles. The van der Waals surface area contributed by atoms with E-state index in [0.29, 0.717) is 11.9 Å². The Morgan fingerprint density at radius 2 is 2.29 bits per heavy atom. The number of aliphatic hydroxyl groups is 1. The molecule has 4 heteroatoms. The summed E-state index contributed by atoms with van der Waals surface area (Å²) < 4.78 is 15.4. The lowest BCUT2D eigenvalue weighted by Gasteiger charge is -2.08. The van der Waals surface area contributed by atoms with Crippen LogP contribution in [0.4, 0.5) is 4.39 Å². The zero-order valence-electron chi connectivity index (χ0n) is 9.65. The number of halogens is 1. The molecule has 0 bridgehead atoms. The van der Waals surface area contributed by atoms with Gasteiger partial charge in [0.2, 0.25) is 0 Å². The maximum atomic E-state index is 13.6. The average Bonchev–Trinajstić information content (AvgIpc) is 2.57. The van der Waals surface area contributed by atoms with E-state index in [1.54, 1.807) is 17.7 Å². The van der Waals surface area contributed by atoms with E-state index >= 15 is 0 Å². The zero-order valence-corrected chi connectivity index (χ0v) is 9.65. The number of aliphatic hydroxyl groups excluding tert-OH is 1. The molecule has 1 aromatic carbocycles. The van der Waals surface area contributed by atoms with Gasteiger partial charge in [-0.1, -0.05) is 18.7 Å². The second kappa shape index (κ2) is 4.22. The number of benzene rings is 1. The molecule has 0 saturated heterocycles. The molecular formula is C13H15FN2O. The average molecular weight is 234 g/mol. The van der Waals surface area contributed by atoms with E-state index in [1.165, 1.54) is 6.07 Å². The Labute approximate surface area is 99.0 Å². The molecule has 90 valence electrons. The quantitative estimate of drug-likeness (QED) is 0.800. The predicted octanol–water partition coefficient (Wildman–Crippen LogP) is 2.26. The summed E-state index contributed by atoms with van der Waals surface area (Å²) >= 11 is 0. The Balaban J connectivity index is 2.49. The van der Waals surface area contributed by atoms with Gasteiger partial charge >= 0.3 is 0 Å². The van der Waals surface area contributed by atoms with Crippen LogP contribution in [-0.2, 0) is 13.5 Å². The van der Waals surface area contributed by atoms with Crippen LogP contribution in [-0.4, -0.2) is 15.7 Å². The monoisotopic (exact) mass is 234 g/mol. The Bertz CT molecular complexity index is 574.